The van der Waals surface area contributed by atoms with Crippen LogP contribution in [0.2, 0.25) is 0 Å². The van der Waals surface area contributed by atoms with Gasteiger partial charge in [0.2, 0.25) is 0 Å². The first-order valence-corrected chi connectivity index (χ1v) is 6.75. The summed E-state index contributed by atoms with van der Waals surface area (Å²) in [7, 11) is 1.83. The van der Waals surface area contributed by atoms with Gasteiger partial charge in [0.25, 0.3) is 5.91 Å². The minimum absolute atomic E-state index is 0.122. The highest BCUT2D eigenvalue weighted by atomic mass is 16.1. The molecule has 1 aromatic carbocycles. The molecule has 0 atom stereocenters. The van der Waals surface area contributed by atoms with E-state index in [-0.39, 0.29) is 5.91 Å². The Balaban J connectivity index is 2.04. The van der Waals surface area contributed by atoms with Gasteiger partial charge in [-0.3, -0.25) is 9.48 Å². The average molecular weight is 272 g/mol. The number of hydrogen-bond acceptors (Lipinski definition) is 3. The van der Waals surface area contributed by atoms with Gasteiger partial charge in [-0.15, -0.1) is 0 Å². The second-order valence-corrected chi connectivity index (χ2v) is 4.76. The molecule has 0 saturated carbocycles. The summed E-state index contributed by atoms with van der Waals surface area (Å²) >= 11 is 0. The van der Waals surface area contributed by atoms with E-state index in [1.165, 1.54) is 0 Å². The molecule has 0 aliphatic rings. The molecular weight excluding hydrogens is 252 g/mol. The van der Waals surface area contributed by atoms with Crippen molar-refractivity contribution in [2.24, 2.45) is 7.05 Å². The normalized spacial score (nSPS) is 10.3. The van der Waals surface area contributed by atoms with Crippen molar-refractivity contribution < 1.29 is 4.79 Å². The predicted octanol–water partition coefficient (Wildman–Crippen LogP) is 2.80. The van der Waals surface area contributed by atoms with E-state index in [1.807, 2.05) is 38.2 Å². The van der Waals surface area contributed by atoms with Crippen LogP contribution in [0.3, 0.4) is 0 Å². The zero-order valence-corrected chi connectivity index (χ0v) is 12.1. The van der Waals surface area contributed by atoms with Crippen molar-refractivity contribution in [3.8, 4) is 0 Å². The van der Waals surface area contributed by atoms with Crippen LogP contribution in [0.25, 0.3) is 0 Å². The quantitative estimate of drug-likeness (QED) is 0.880. The molecule has 2 N–H and O–H groups in total. The zero-order valence-electron chi connectivity index (χ0n) is 12.1. The number of carbonyl (C=O) groups excluding carboxylic acids is 1. The summed E-state index contributed by atoms with van der Waals surface area (Å²) in [6, 6.07) is 7.47. The number of amides is 1. The van der Waals surface area contributed by atoms with E-state index < -0.39 is 0 Å². The van der Waals surface area contributed by atoms with Crippen molar-refractivity contribution in [2.75, 3.05) is 17.2 Å². The lowest BCUT2D eigenvalue weighted by Gasteiger charge is -2.07. The van der Waals surface area contributed by atoms with Crippen LogP contribution < -0.4 is 10.6 Å². The molecule has 2 rings (SSSR count). The Morgan fingerprint density at radius 2 is 2.00 bits per heavy atom. The Labute approximate surface area is 119 Å². The van der Waals surface area contributed by atoms with E-state index in [0.29, 0.717) is 5.56 Å². The summed E-state index contributed by atoms with van der Waals surface area (Å²) in [4.78, 5) is 12.1. The van der Waals surface area contributed by atoms with Crippen molar-refractivity contribution in [1.82, 2.24) is 9.78 Å². The monoisotopic (exact) mass is 272 g/mol. The van der Waals surface area contributed by atoms with Crippen LogP contribution in [0, 0.1) is 6.92 Å². The Kier molecular flexibility index (Phi) is 4.40. The second kappa shape index (κ2) is 6.23. The molecule has 0 unspecified atom stereocenters. The maximum atomic E-state index is 12.1. The van der Waals surface area contributed by atoms with Crippen molar-refractivity contribution in [3.05, 3.63) is 41.7 Å². The van der Waals surface area contributed by atoms with Gasteiger partial charge in [-0.25, -0.2) is 0 Å². The van der Waals surface area contributed by atoms with E-state index in [9.17, 15) is 4.79 Å². The molecule has 2 aromatic rings. The molecule has 1 aromatic heterocycles. The molecule has 0 fully saturated rings. The fourth-order valence-electron chi connectivity index (χ4n) is 1.93. The van der Waals surface area contributed by atoms with Crippen LogP contribution in [0.5, 0.6) is 0 Å². The van der Waals surface area contributed by atoms with Crippen LogP contribution >= 0.6 is 0 Å². The Bertz CT molecular complexity index is 586. The highest BCUT2D eigenvalue weighted by Crippen LogP contribution is 2.15. The second-order valence-electron chi connectivity index (χ2n) is 4.76. The molecule has 0 aliphatic carbocycles. The van der Waals surface area contributed by atoms with Crippen LogP contribution in [0.1, 0.15) is 29.4 Å². The van der Waals surface area contributed by atoms with Gasteiger partial charge in [-0.1, -0.05) is 6.92 Å². The molecule has 0 spiro atoms. The molecule has 20 heavy (non-hydrogen) atoms. The van der Waals surface area contributed by atoms with E-state index >= 15 is 0 Å². The van der Waals surface area contributed by atoms with Crippen LogP contribution in [0.15, 0.2) is 30.5 Å². The fraction of sp³-hybridized carbons (Fsp3) is 0.333. The number of anilines is 2. The maximum Gasteiger partial charge on any atom is 0.255 e. The molecule has 0 bridgehead atoms. The minimum Gasteiger partial charge on any atom is -0.385 e. The number of benzene rings is 1. The van der Waals surface area contributed by atoms with Crippen LogP contribution in [0.4, 0.5) is 11.4 Å². The SMILES string of the molecule is CCCNc1ccc(C(=O)Nc2cn(C)nc2C)cc1. The van der Waals surface area contributed by atoms with E-state index in [2.05, 4.69) is 22.7 Å². The topological polar surface area (TPSA) is 59.0 Å². The third-order valence-corrected chi connectivity index (χ3v) is 2.99. The van der Waals surface area contributed by atoms with Gasteiger partial charge in [-0.2, -0.15) is 5.10 Å². The molecule has 106 valence electrons. The van der Waals surface area contributed by atoms with Gasteiger partial charge in [0, 0.05) is 31.0 Å². The summed E-state index contributed by atoms with van der Waals surface area (Å²) in [5, 5.41) is 10.3. The van der Waals surface area contributed by atoms with Gasteiger partial charge in [-0.05, 0) is 37.6 Å². The first kappa shape index (κ1) is 14.1. The van der Waals surface area contributed by atoms with Gasteiger partial charge >= 0.3 is 0 Å². The summed E-state index contributed by atoms with van der Waals surface area (Å²) in [6.45, 7) is 4.92. The lowest BCUT2D eigenvalue weighted by Crippen LogP contribution is -2.12. The molecular formula is C15H20N4O. The van der Waals surface area contributed by atoms with E-state index in [4.69, 9.17) is 0 Å². The third kappa shape index (κ3) is 3.38. The minimum atomic E-state index is -0.122. The smallest absolute Gasteiger partial charge is 0.255 e. The Morgan fingerprint density at radius 3 is 2.55 bits per heavy atom. The summed E-state index contributed by atoms with van der Waals surface area (Å²) in [6.07, 6.45) is 2.87. The number of aryl methyl sites for hydroxylation is 2. The molecule has 0 aliphatic heterocycles. The van der Waals surface area contributed by atoms with Crippen molar-refractivity contribution in [2.45, 2.75) is 20.3 Å². The van der Waals surface area contributed by atoms with Crippen molar-refractivity contribution in [1.29, 1.82) is 0 Å². The average Bonchev–Trinajstić information content (AvgIpc) is 2.75. The first-order chi connectivity index (χ1) is 9.60. The highest BCUT2D eigenvalue weighted by Gasteiger charge is 2.09. The van der Waals surface area contributed by atoms with Crippen LogP contribution in [-0.4, -0.2) is 22.2 Å². The molecule has 5 nitrogen and oxygen atoms in total. The summed E-state index contributed by atoms with van der Waals surface area (Å²) < 4.78 is 1.68. The first-order valence-electron chi connectivity index (χ1n) is 6.75. The lowest BCUT2D eigenvalue weighted by atomic mass is 10.2. The standard InChI is InChI=1S/C15H20N4O/c1-4-9-16-13-7-5-12(6-8-13)15(20)17-14-10-19(3)18-11(14)2/h5-8,10,16H,4,9H2,1-3H3,(H,17,20). The number of carbonyl (C=O) groups is 1. The van der Waals surface area contributed by atoms with E-state index in [0.717, 1.165) is 30.0 Å². The van der Waals surface area contributed by atoms with Gasteiger partial charge in [0.15, 0.2) is 0 Å². The molecule has 1 heterocycles. The van der Waals surface area contributed by atoms with Crippen molar-refractivity contribution in [3.63, 3.8) is 0 Å². The van der Waals surface area contributed by atoms with Crippen LogP contribution in [-0.2, 0) is 7.05 Å². The predicted molar refractivity (Wildman–Crippen MR) is 81.1 cm³/mol. The highest BCUT2D eigenvalue weighted by molar-refractivity contribution is 6.04. The Morgan fingerprint density at radius 1 is 1.30 bits per heavy atom. The maximum absolute atomic E-state index is 12.1. The molecule has 0 radical (unpaired) electrons. The number of aromatic nitrogens is 2. The fourth-order valence-corrected chi connectivity index (χ4v) is 1.93. The largest absolute Gasteiger partial charge is 0.385 e. The van der Waals surface area contributed by atoms with Gasteiger partial charge < -0.3 is 10.6 Å². The van der Waals surface area contributed by atoms with E-state index in [1.54, 1.807) is 10.9 Å². The van der Waals surface area contributed by atoms with Gasteiger partial charge in [0.1, 0.15) is 0 Å². The number of hydrogen-bond donors (Lipinski definition) is 2. The summed E-state index contributed by atoms with van der Waals surface area (Å²) in [5.74, 6) is -0.122. The summed E-state index contributed by atoms with van der Waals surface area (Å²) in [5.41, 5.74) is 3.21. The van der Waals surface area contributed by atoms with Crippen molar-refractivity contribution >= 4 is 17.3 Å². The van der Waals surface area contributed by atoms with Gasteiger partial charge in [0.05, 0.1) is 11.4 Å². The molecule has 5 heteroatoms. The zero-order chi connectivity index (χ0) is 14.5. The number of rotatable bonds is 5. The lowest BCUT2D eigenvalue weighted by molar-refractivity contribution is 0.102. The third-order valence-electron chi connectivity index (χ3n) is 2.99. The molecule has 1 amide bonds. The number of nitrogens with zero attached hydrogens (tertiary/aromatic N) is 2. The number of nitrogens with one attached hydrogen (secondary N) is 2. The Hall–Kier alpha value is -2.30. The molecule has 0 saturated heterocycles.